The summed E-state index contributed by atoms with van der Waals surface area (Å²) in [5.74, 6) is 0. The van der Waals surface area contributed by atoms with Crippen molar-refractivity contribution in [2.75, 3.05) is 6.61 Å². The molecule has 0 fully saturated rings. The van der Waals surface area contributed by atoms with E-state index in [0.717, 1.165) is 25.7 Å². The van der Waals surface area contributed by atoms with Crippen molar-refractivity contribution in [2.24, 2.45) is 0 Å². The molecule has 3 N–H and O–H groups in total. The summed E-state index contributed by atoms with van der Waals surface area (Å²) >= 11 is 0. The smallest absolute Gasteiger partial charge is 0.430 e. The fourth-order valence-electron chi connectivity index (χ4n) is 2.85. The lowest BCUT2D eigenvalue weighted by atomic mass is 9.97. The molecule has 0 atom stereocenters. The number of unbranched alkanes of at least 4 members (excludes halogenated alkanes) is 2. The first kappa shape index (κ1) is 17.5. The zero-order valence-corrected chi connectivity index (χ0v) is 13.3. The molecule has 120 valence electrons. The van der Waals surface area contributed by atoms with E-state index in [1.165, 1.54) is 27.1 Å². The van der Waals surface area contributed by atoms with Crippen molar-refractivity contribution in [2.45, 2.75) is 25.7 Å². The molecule has 3 aromatic carbocycles. The van der Waals surface area contributed by atoms with Crippen LogP contribution in [0.5, 0.6) is 0 Å². The van der Waals surface area contributed by atoms with E-state index >= 15 is 0 Å². The Bertz CT molecular complexity index is 743. The first-order valence-corrected chi connectivity index (χ1v) is 8.03. The number of aliphatic hydroxyl groups is 1. The van der Waals surface area contributed by atoms with Crippen LogP contribution in [-0.4, -0.2) is 29.4 Å². The van der Waals surface area contributed by atoms with Crippen LogP contribution < -0.4 is 0 Å². The van der Waals surface area contributed by atoms with Gasteiger partial charge in [0.05, 0.1) is 0 Å². The molecule has 0 unspecified atom stereocenters. The van der Waals surface area contributed by atoms with Gasteiger partial charge in [0, 0.05) is 6.61 Å². The SMILES string of the molecule is OBO.OCCCCCc1cccc2cc3ccccc3cc12. The zero-order valence-electron chi connectivity index (χ0n) is 13.3. The molecule has 0 aliphatic rings. The maximum absolute atomic E-state index is 8.85. The number of aliphatic hydroxyl groups excluding tert-OH is 1. The van der Waals surface area contributed by atoms with E-state index in [1.54, 1.807) is 0 Å². The molecule has 0 saturated carbocycles. The molecule has 0 amide bonds. The number of fused-ring (bicyclic) bond motifs is 2. The lowest BCUT2D eigenvalue weighted by Gasteiger charge is -2.08. The highest BCUT2D eigenvalue weighted by Gasteiger charge is 2.03. The van der Waals surface area contributed by atoms with E-state index in [-0.39, 0.29) is 0 Å². The third-order valence-corrected chi connectivity index (χ3v) is 3.94. The number of hydrogen-bond donors (Lipinski definition) is 3. The minimum absolute atomic E-state index is 0.306. The standard InChI is InChI=1S/C19H20O.BH3O2/c20-12-5-1-2-7-15-10-6-11-18-13-16-8-3-4-9-17(16)14-19(15)18;2-1-3/h3-4,6,8-11,13-14,20H,1-2,5,7,12H2;1-3H. The average Bonchev–Trinajstić information content (AvgIpc) is 2.58. The highest BCUT2D eigenvalue weighted by molar-refractivity contribution is 6.13. The van der Waals surface area contributed by atoms with Gasteiger partial charge in [-0.25, -0.2) is 0 Å². The van der Waals surface area contributed by atoms with Gasteiger partial charge in [-0.2, -0.15) is 0 Å². The van der Waals surface area contributed by atoms with Gasteiger partial charge in [0.2, 0.25) is 0 Å². The monoisotopic (exact) mass is 310 g/mol. The normalized spacial score (nSPS) is 10.4. The van der Waals surface area contributed by atoms with Crippen LogP contribution in [0.4, 0.5) is 0 Å². The quantitative estimate of drug-likeness (QED) is 0.386. The summed E-state index contributed by atoms with van der Waals surface area (Å²) in [4.78, 5) is 0. The second kappa shape index (κ2) is 9.31. The second-order valence-corrected chi connectivity index (χ2v) is 5.51. The van der Waals surface area contributed by atoms with Crippen molar-refractivity contribution in [3.8, 4) is 0 Å². The molecule has 3 nitrogen and oxygen atoms in total. The molecule has 0 aliphatic heterocycles. The molecular weight excluding hydrogens is 287 g/mol. The van der Waals surface area contributed by atoms with Crippen LogP contribution in [0.25, 0.3) is 21.5 Å². The molecule has 0 radical (unpaired) electrons. The first-order valence-electron chi connectivity index (χ1n) is 8.03. The Labute approximate surface area is 137 Å². The Morgan fingerprint density at radius 1 is 0.739 bits per heavy atom. The van der Waals surface area contributed by atoms with Crippen molar-refractivity contribution in [1.29, 1.82) is 0 Å². The maximum atomic E-state index is 8.85. The molecule has 0 saturated heterocycles. The van der Waals surface area contributed by atoms with E-state index in [1.807, 2.05) is 0 Å². The molecule has 0 bridgehead atoms. The lowest BCUT2D eigenvalue weighted by Crippen LogP contribution is -1.90. The Hall–Kier alpha value is -1.88. The van der Waals surface area contributed by atoms with Crippen LogP contribution in [0.3, 0.4) is 0 Å². The summed E-state index contributed by atoms with van der Waals surface area (Å²) in [6, 6.07) is 19.7. The minimum Gasteiger partial charge on any atom is -0.430 e. The van der Waals surface area contributed by atoms with E-state index in [4.69, 9.17) is 15.2 Å². The summed E-state index contributed by atoms with van der Waals surface area (Å²) < 4.78 is 0. The Morgan fingerprint density at radius 2 is 1.39 bits per heavy atom. The van der Waals surface area contributed by atoms with Gasteiger partial charge in [-0.05, 0) is 58.5 Å². The number of benzene rings is 3. The number of aryl methyl sites for hydroxylation is 1. The Morgan fingerprint density at radius 3 is 2.09 bits per heavy atom. The van der Waals surface area contributed by atoms with Crippen molar-refractivity contribution in [3.05, 3.63) is 60.2 Å². The predicted octanol–water partition coefficient (Wildman–Crippen LogP) is 2.94. The molecule has 0 spiro atoms. The first-order chi connectivity index (χ1) is 11.3. The summed E-state index contributed by atoms with van der Waals surface area (Å²) in [5.41, 5.74) is 1.42. The second-order valence-electron chi connectivity index (χ2n) is 5.51. The van der Waals surface area contributed by atoms with Crippen LogP contribution in [0, 0.1) is 0 Å². The van der Waals surface area contributed by atoms with Crippen LogP contribution in [0.2, 0.25) is 0 Å². The highest BCUT2D eigenvalue weighted by Crippen LogP contribution is 2.26. The van der Waals surface area contributed by atoms with Crippen molar-refractivity contribution in [3.63, 3.8) is 0 Å². The van der Waals surface area contributed by atoms with Gasteiger partial charge in [-0.15, -0.1) is 0 Å². The molecule has 0 heterocycles. The van der Waals surface area contributed by atoms with Gasteiger partial charge in [0.15, 0.2) is 0 Å². The number of hydrogen-bond acceptors (Lipinski definition) is 3. The van der Waals surface area contributed by atoms with E-state index in [2.05, 4.69) is 54.6 Å². The van der Waals surface area contributed by atoms with Crippen molar-refractivity contribution < 1.29 is 15.2 Å². The molecule has 23 heavy (non-hydrogen) atoms. The van der Waals surface area contributed by atoms with Gasteiger partial charge in [0.25, 0.3) is 0 Å². The van der Waals surface area contributed by atoms with E-state index in [9.17, 15) is 0 Å². The fourth-order valence-corrected chi connectivity index (χ4v) is 2.85. The Kier molecular flexibility index (Phi) is 7.07. The van der Waals surface area contributed by atoms with Gasteiger partial charge >= 0.3 is 7.69 Å². The van der Waals surface area contributed by atoms with Gasteiger partial charge in [-0.1, -0.05) is 48.9 Å². The number of rotatable bonds is 5. The van der Waals surface area contributed by atoms with E-state index in [0.29, 0.717) is 6.61 Å². The van der Waals surface area contributed by atoms with Crippen LogP contribution in [0.15, 0.2) is 54.6 Å². The predicted molar refractivity (Wildman–Crippen MR) is 97.7 cm³/mol. The van der Waals surface area contributed by atoms with Gasteiger partial charge in [-0.3, -0.25) is 0 Å². The lowest BCUT2D eigenvalue weighted by molar-refractivity contribution is 0.283. The molecular formula is C19H23BO3. The van der Waals surface area contributed by atoms with Gasteiger partial charge < -0.3 is 15.2 Å². The average molecular weight is 310 g/mol. The van der Waals surface area contributed by atoms with Crippen molar-refractivity contribution in [1.82, 2.24) is 0 Å². The molecule has 3 aromatic rings. The molecule has 0 aliphatic carbocycles. The topological polar surface area (TPSA) is 60.7 Å². The summed E-state index contributed by atoms with van der Waals surface area (Å²) in [6.07, 6.45) is 4.25. The third-order valence-electron chi connectivity index (χ3n) is 3.94. The summed E-state index contributed by atoms with van der Waals surface area (Å²) in [5, 5.41) is 28.4. The highest BCUT2D eigenvalue weighted by atomic mass is 16.4. The summed E-state index contributed by atoms with van der Waals surface area (Å²) in [7, 11) is -0.750. The van der Waals surface area contributed by atoms with Crippen LogP contribution in [0.1, 0.15) is 24.8 Å². The van der Waals surface area contributed by atoms with Crippen molar-refractivity contribution >= 4 is 29.2 Å². The fraction of sp³-hybridized carbons (Fsp3) is 0.263. The third kappa shape index (κ3) is 4.80. The van der Waals surface area contributed by atoms with Gasteiger partial charge in [0.1, 0.15) is 0 Å². The van der Waals surface area contributed by atoms with Crippen LogP contribution in [-0.2, 0) is 6.42 Å². The molecule has 3 rings (SSSR count). The molecule has 4 heteroatoms. The molecule has 0 aromatic heterocycles. The maximum Gasteiger partial charge on any atom is 0.432 e. The van der Waals surface area contributed by atoms with E-state index < -0.39 is 7.69 Å². The van der Waals surface area contributed by atoms with Crippen LogP contribution >= 0.6 is 0 Å². The largest absolute Gasteiger partial charge is 0.432 e. The Balaban J connectivity index is 0.000000595. The summed E-state index contributed by atoms with van der Waals surface area (Å²) in [6.45, 7) is 0.306. The zero-order chi connectivity index (χ0) is 16.5. The minimum atomic E-state index is -0.750.